The van der Waals surface area contributed by atoms with E-state index < -0.39 is 0 Å². The molecular formula is C22H20NO2+. The van der Waals surface area contributed by atoms with Gasteiger partial charge in [0.25, 0.3) is 0 Å². The first-order valence-electron chi connectivity index (χ1n) is 8.14. The summed E-state index contributed by atoms with van der Waals surface area (Å²) in [5.41, 5.74) is 2.93. The third kappa shape index (κ3) is 4.64. The van der Waals surface area contributed by atoms with Crippen LogP contribution < -0.4 is 9.30 Å². The molecule has 3 rings (SSSR count). The molecule has 0 N–H and O–H groups in total. The molecule has 0 radical (unpaired) electrons. The maximum absolute atomic E-state index is 12.2. The largest absolute Gasteiger partial charge is 0.497 e. The second kappa shape index (κ2) is 8.06. The van der Waals surface area contributed by atoms with E-state index in [1.807, 2.05) is 95.8 Å². The molecule has 0 atom stereocenters. The molecule has 2 aromatic carbocycles. The van der Waals surface area contributed by atoms with Crippen molar-refractivity contribution in [3.05, 3.63) is 95.8 Å². The van der Waals surface area contributed by atoms with Gasteiger partial charge in [-0.2, -0.15) is 4.57 Å². The van der Waals surface area contributed by atoms with Crippen LogP contribution in [-0.4, -0.2) is 12.9 Å². The van der Waals surface area contributed by atoms with Crippen molar-refractivity contribution in [2.24, 2.45) is 0 Å². The summed E-state index contributed by atoms with van der Waals surface area (Å²) in [6, 6.07) is 21.2. The van der Waals surface area contributed by atoms with Crippen molar-refractivity contribution >= 4 is 17.9 Å². The summed E-state index contributed by atoms with van der Waals surface area (Å²) in [5, 5.41) is 0. The van der Waals surface area contributed by atoms with Gasteiger partial charge in [-0.25, -0.2) is 0 Å². The summed E-state index contributed by atoms with van der Waals surface area (Å²) in [6.07, 6.45) is 7.95. The predicted molar refractivity (Wildman–Crippen MR) is 99.3 cm³/mol. The first-order valence-corrected chi connectivity index (χ1v) is 8.14. The maximum atomic E-state index is 12.2. The number of ether oxygens (including phenoxy) is 1. The fraction of sp³-hybridized carbons (Fsp3) is 0.0909. The first-order chi connectivity index (χ1) is 12.2. The average Bonchev–Trinajstić information content (AvgIpc) is 2.68. The molecule has 0 aliphatic rings. The smallest absolute Gasteiger partial charge is 0.227 e. The van der Waals surface area contributed by atoms with E-state index in [2.05, 4.69) is 0 Å². The number of nitrogens with zero attached hydrogens (tertiary/aromatic N) is 1. The second-order valence-corrected chi connectivity index (χ2v) is 5.70. The molecule has 0 unspecified atom stereocenters. The fourth-order valence-electron chi connectivity index (χ4n) is 2.47. The lowest BCUT2D eigenvalue weighted by Crippen LogP contribution is -2.37. The highest BCUT2D eigenvalue weighted by Crippen LogP contribution is 2.13. The van der Waals surface area contributed by atoms with Gasteiger partial charge in [-0.3, -0.25) is 4.79 Å². The number of carbonyl (C=O) groups excluding carboxylic acids is 1. The molecule has 0 saturated heterocycles. The zero-order valence-electron chi connectivity index (χ0n) is 14.1. The number of pyridine rings is 1. The molecule has 0 aliphatic heterocycles. The van der Waals surface area contributed by atoms with Crippen LogP contribution in [0.5, 0.6) is 5.75 Å². The standard InChI is InChI=1S/C22H20NO2/c1-25-21-11-9-18(10-12-21)7-8-19-13-15-23(16-14-19)17-22(24)20-5-3-2-4-6-20/h2-16H,17H2,1H3/q+1. The molecular weight excluding hydrogens is 310 g/mol. The molecule has 1 heterocycles. The number of ketones is 1. The maximum Gasteiger partial charge on any atom is 0.227 e. The highest BCUT2D eigenvalue weighted by atomic mass is 16.5. The van der Waals surface area contributed by atoms with Crippen LogP contribution in [0.1, 0.15) is 21.5 Å². The Bertz CT molecular complexity index is 851. The second-order valence-electron chi connectivity index (χ2n) is 5.70. The number of hydrogen-bond acceptors (Lipinski definition) is 2. The van der Waals surface area contributed by atoms with Crippen LogP contribution in [0.15, 0.2) is 79.1 Å². The first kappa shape index (κ1) is 16.7. The van der Waals surface area contributed by atoms with Crippen LogP contribution in [0.4, 0.5) is 0 Å². The predicted octanol–water partition coefficient (Wildman–Crippen LogP) is 4.04. The van der Waals surface area contributed by atoms with E-state index in [1.165, 1.54) is 0 Å². The van der Waals surface area contributed by atoms with Crippen molar-refractivity contribution < 1.29 is 14.1 Å². The van der Waals surface area contributed by atoms with E-state index >= 15 is 0 Å². The van der Waals surface area contributed by atoms with Gasteiger partial charge in [-0.05, 0) is 23.3 Å². The number of hydrogen-bond donors (Lipinski definition) is 0. The van der Waals surface area contributed by atoms with Crippen LogP contribution >= 0.6 is 0 Å². The zero-order chi connectivity index (χ0) is 17.5. The lowest BCUT2D eigenvalue weighted by atomic mass is 10.1. The van der Waals surface area contributed by atoms with Crippen LogP contribution in [0.25, 0.3) is 12.2 Å². The summed E-state index contributed by atoms with van der Waals surface area (Å²) in [5.74, 6) is 0.952. The van der Waals surface area contributed by atoms with E-state index in [0.717, 1.165) is 22.4 Å². The Kier molecular flexibility index (Phi) is 5.37. The number of Topliss-reactive ketones (excluding diaryl/α,β-unsaturated/α-hetero) is 1. The van der Waals surface area contributed by atoms with Crippen LogP contribution in [0.2, 0.25) is 0 Å². The van der Waals surface area contributed by atoms with Crippen molar-refractivity contribution in [1.82, 2.24) is 0 Å². The van der Waals surface area contributed by atoms with E-state index in [0.29, 0.717) is 6.54 Å². The van der Waals surface area contributed by atoms with Gasteiger partial charge in [-0.1, -0.05) is 54.6 Å². The average molecular weight is 330 g/mol. The van der Waals surface area contributed by atoms with Crippen molar-refractivity contribution in [3.63, 3.8) is 0 Å². The molecule has 124 valence electrons. The Balaban J connectivity index is 1.63. The lowest BCUT2D eigenvalue weighted by Gasteiger charge is -2.00. The van der Waals surface area contributed by atoms with Crippen LogP contribution in [-0.2, 0) is 6.54 Å². The minimum Gasteiger partial charge on any atom is -0.497 e. The highest BCUT2D eigenvalue weighted by molar-refractivity contribution is 5.94. The van der Waals surface area contributed by atoms with Gasteiger partial charge in [0.15, 0.2) is 12.4 Å². The molecule has 3 heteroatoms. The third-order valence-electron chi connectivity index (χ3n) is 3.92. The van der Waals surface area contributed by atoms with Crippen molar-refractivity contribution in [3.8, 4) is 5.75 Å². The number of benzene rings is 2. The van der Waals surface area contributed by atoms with Gasteiger partial charge >= 0.3 is 0 Å². The monoisotopic (exact) mass is 330 g/mol. The number of carbonyl (C=O) groups is 1. The van der Waals surface area contributed by atoms with Gasteiger partial charge in [0, 0.05) is 17.7 Å². The van der Waals surface area contributed by atoms with Crippen molar-refractivity contribution in [1.29, 1.82) is 0 Å². The van der Waals surface area contributed by atoms with Crippen molar-refractivity contribution in [2.45, 2.75) is 6.54 Å². The Morgan fingerprint density at radius 3 is 2.08 bits per heavy atom. The summed E-state index contributed by atoms with van der Waals surface area (Å²) in [4.78, 5) is 12.2. The van der Waals surface area contributed by atoms with E-state index in [1.54, 1.807) is 7.11 Å². The number of aromatic nitrogens is 1. The van der Waals surface area contributed by atoms with E-state index in [-0.39, 0.29) is 5.78 Å². The molecule has 1 aromatic heterocycles. The minimum absolute atomic E-state index is 0.104. The summed E-state index contributed by atoms with van der Waals surface area (Å²) < 4.78 is 7.04. The Morgan fingerprint density at radius 1 is 0.880 bits per heavy atom. The summed E-state index contributed by atoms with van der Waals surface area (Å²) in [7, 11) is 1.66. The van der Waals surface area contributed by atoms with Gasteiger partial charge < -0.3 is 4.74 Å². The quantitative estimate of drug-likeness (QED) is 0.504. The van der Waals surface area contributed by atoms with E-state index in [9.17, 15) is 4.79 Å². The van der Waals surface area contributed by atoms with Gasteiger partial charge in [0.1, 0.15) is 5.75 Å². The van der Waals surface area contributed by atoms with Crippen LogP contribution in [0, 0.1) is 0 Å². The molecule has 0 bridgehead atoms. The van der Waals surface area contributed by atoms with Gasteiger partial charge in [0.2, 0.25) is 12.3 Å². The third-order valence-corrected chi connectivity index (χ3v) is 3.92. The SMILES string of the molecule is COc1ccc(C=Cc2cc[n+](CC(=O)c3ccccc3)cc2)cc1. The van der Waals surface area contributed by atoms with Gasteiger partial charge in [0.05, 0.1) is 7.11 Å². The summed E-state index contributed by atoms with van der Waals surface area (Å²) >= 11 is 0. The van der Waals surface area contributed by atoms with Crippen LogP contribution in [0.3, 0.4) is 0 Å². The molecule has 0 saturated carbocycles. The topological polar surface area (TPSA) is 30.2 Å². The highest BCUT2D eigenvalue weighted by Gasteiger charge is 2.10. The molecule has 0 amide bonds. The molecule has 3 aromatic rings. The minimum atomic E-state index is 0.104. The fourth-order valence-corrected chi connectivity index (χ4v) is 2.47. The molecule has 0 spiro atoms. The normalized spacial score (nSPS) is 10.8. The molecule has 25 heavy (non-hydrogen) atoms. The Labute approximate surface area is 147 Å². The summed E-state index contributed by atoms with van der Waals surface area (Å²) in [6.45, 7) is 0.340. The number of methoxy groups -OCH3 is 1. The molecule has 0 aliphatic carbocycles. The molecule has 0 fully saturated rings. The lowest BCUT2D eigenvalue weighted by molar-refractivity contribution is -0.683. The Morgan fingerprint density at radius 2 is 1.48 bits per heavy atom. The van der Waals surface area contributed by atoms with Gasteiger partial charge in [-0.15, -0.1) is 0 Å². The number of rotatable bonds is 6. The Hall–Kier alpha value is -3.20. The zero-order valence-corrected chi connectivity index (χ0v) is 14.1. The van der Waals surface area contributed by atoms with Crippen molar-refractivity contribution in [2.75, 3.05) is 7.11 Å². The molecule has 3 nitrogen and oxygen atoms in total. The van der Waals surface area contributed by atoms with E-state index in [4.69, 9.17) is 4.74 Å².